The van der Waals surface area contributed by atoms with Gasteiger partial charge in [0.1, 0.15) is 11.8 Å². The number of aromatic nitrogens is 2. The summed E-state index contributed by atoms with van der Waals surface area (Å²) in [7, 11) is 0. The highest BCUT2D eigenvalue weighted by molar-refractivity contribution is 5.50. The molecule has 2 aromatic heterocycles. The van der Waals surface area contributed by atoms with Crippen molar-refractivity contribution >= 4 is 5.82 Å². The number of rotatable bonds is 6. The topological polar surface area (TPSA) is 60.2 Å². The van der Waals surface area contributed by atoms with Crippen molar-refractivity contribution in [3.05, 3.63) is 36.2 Å². The van der Waals surface area contributed by atoms with E-state index >= 15 is 0 Å². The number of nitrogens with one attached hydrogen (secondary N) is 1. The first-order valence-electron chi connectivity index (χ1n) is 6.47. The first-order valence-corrected chi connectivity index (χ1v) is 6.47. The van der Waals surface area contributed by atoms with Gasteiger partial charge in [-0.2, -0.15) is 0 Å². The minimum Gasteiger partial charge on any atom is -0.490 e. The maximum Gasteiger partial charge on any atom is 0.216 e. The third-order valence-corrected chi connectivity index (χ3v) is 2.60. The van der Waals surface area contributed by atoms with Crippen molar-refractivity contribution < 1.29 is 9.15 Å². The molecule has 0 saturated carbocycles. The second-order valence-corrected chi connectivity index (χ2v) is 4.37. The molecule has 0 fully saturated rings. The molecule has 0 aliphatic rings. The molecule has 0 aliphatic carbocycles. The van der Waals surface area contributed by atoms with E-state index in [9.17, 15) is 0 Å². The molecule has 19 heavy (non-hydrogen) atoms. The van der Waals surface area contributed by atoms with E-state index in [1.807, 2.05) is 26.0 Å². The first kappa shape index (κ1) is 13.4. The largest absolute Gasteiger partial charge is 0.490 e. The zero-order valence-electron chi connectivity index (χ0n) is 11.5. The summed E-state index contributed by atoms with van der Waals surface area (Å²) in [5, 5.41) is 3.26. The third-order valence-electron chi connectivity index (χ3n) is 2.60. The molecule has 0 amide bonds. The number of oxazole rings is 1. The van der Waals surface area contributed by atoms with Crippen LogP contribution in [-0.2, 0) is 0 Å². The van der Waals surface area contributed by atoms with Gasteiger partial charge >= 0.3 is 0 Å². The Bertz CT molecular complexity index is 525. The fourth-order valence-corrected chi connectivity index (χ4v) is 1.67. The van der Waals surface area contributed by atoms with Gasteiger partial charge in [-0.05, 0) is 32.4 Å². The Morgan fingerprint density at radius 3 is 2.95 bits per heavy atom. The number of anilines is 1. The Hall–Kier alpha value is -2.04. The van der Waals surface area contributed by atoms with Crippen molar-refractivity contribution in [2.24, 2.45) is 0 Å². The number of hydrogen-bond acceptors (Lipinski definition) is 5. The molecule has 5 heteroatoms. The van der Waals surface area contributed by atoms with Crippen molar-refractivity contribution in [1.82, 2.24) is 9.97 Å². The Morgan fingerprint density at radius 2 is 2.26 bits per heavy atom. The lowest BCUT2D eigenvalue weighted by Gasteiger charge is -2.14. The summed E-state index contributed by atoms with van der Waals surface area (Å²) in [4.78, 5) is 8.50. The van der Waals surface area contributed by atoms with Crippen LogP contribution in [-0.4, -0.2) is 16.6 Å². The Kier molecular flexibility index (Phi) is 4.39. The van der Waals surface area contributed by atoms with E-state index < -0.39 is 0 Å². The van der Waals surface area contributed by atoms with Gasteiger partial charge in [-0.15, -0.1) is 0 Å². The summed E-state index contributed by atoms with van der Waals surface area (Å²) in [6, 6.07) is 3.70. The van der Waals surface area contributed by atoms with Crippen molar-refractivity contribution in [1.29, 1.82) is 0 Å². The fourth-order valence-electron chi connectivity index (χ4n) is 1.67. The summed E-state index contributed by atoms with van der Waals surface area (Å²) in [6.07, 6.45) is 4.40. The average molecular weight is 261 g/mol. The molecule has 0 aliphatic heterocycles. The lowest BCUT2D eigenvalue weighted by molar-refractivity contribution is 0.317. The molecule has 0 bridgehead atoms. The molecule has 2 rings (SSSR count). The van der Waals surface area contributed by atoms with E-state index in [0.717, 1.165) is 17.9 Å². The lowest BCUT2D eigenvalue weighted by atomic mass is 10.3. The molecule has 0 saturated heterocycles. The second kappa shape index (κ2) is 6.22. The number of aryl methyl sites for hydroxylation is 1. The van der Waals surface area contributed by atoms with Crippen molar-refractivity contribution in [3.63, 3.8) is 0 Å². The summed E-state index contributed by atoms with van der Waals surface area (Å²) in [5.41, 5.74) is 0. The Morgan fingerprint density at radius 1 is 1.42 bits per heavy atom. The standard InChI is InChI=1S/C14H19N3O2/c1-4-8-18-12-6-5-7-15-13(12)17-11(3)14-16-9-10(2)19-14/h5-7,9,11H,4,8H2,1-3H3,(H,15,17). The lowest BCUT2D eigenvalue weighted by Crippen LogP contribution is -2.10. The highest BCUT2D eigenvalue weighted by Crippen LogP contribution is 2.25. The predicted octanol–water partition coefficient (Wildman–Crippen LogP) is 3.34. The molecule has 1 atom stereocenters. The van der Waals surface area contributed by atoms with Gasteiger partial charge in [0.2, 0.25) is 5.89 Å². The molecule has 5 nitrogen and oxygen atoms in total. The van der Waals surface area contributed by atoms with Crippen molar-refractivity contribution in [3.8, 4) is 5.75 Å². The number of hydrogen-bond donors (Lipinski definition) is 1. The van der Waals surface area contributed by atoms with E-state index in [0.29, 0.717) is 18.3 Å². The smallest absolute Gasteiger partial charge is 0.216 e. The van der Waals surface area contributed by atoms with Crippen LogP contribution in [0.25, 0.3) is 0 Å². The maximum atomic E-state index is 5.65. The van der Waals surface area contributed by atoms with Crippen LogP contribution in [0.5, 0.6) is 5.75 Å². The summed E-state index contributed by atoms with van der Waals surface area (Å²) in [5.74, 6) is 2.90. The molecule has 1 unspecified atom stereocenters. The normalized spacial score (nSPS) is 12.2. The zero-order valence-corrected chi connectivity index (χ0v) is 11.5. The summed E-state index contributed by atoms with van der Waals surface area (Å²) in [6.45, 7) is 6.60. The van der Waals surface area contributed by atoms with Gasteiger partial charge in [-0.25, -0.2) is 9.97 Å². The number of nitrogens with zero attached hydrogens (tertiary/aromatic N) is 2. The van der Waals surface area contributed by atoms with Gasteiger partial charge in [0, 0.05) is 6.20 Å². The molecule has 2 aromatic rings. The molecule has 1 N–H and O–H groups in total. The molecule has 2 heterocycles. The highest BCUT2D eigenvalue weighted by atomic mass is 16.5. The molecular weight excluding hydrogens is 242 g/mol. The van der Waals surface area contributed by atoms with Crippen LogP contribution in [0.4, 0.5) is 5.82 Å². The van der Waals surface area contributed by atoms with E-state index in [2.05, 4.69) is 22.2 Å². The minimum atomic E-state index is -0.0624. The molecule has 0 radical (unpaired) electrons. The average Bonchev–Trinajstić information content (AvgIpc) is 2.84. The molecule has 0 aromatic carbocycles. The van der Waals surface area contributed by atoms with Gasteiger partial charge in [0.15, 0.2) is 11.6 Å². The van der Waals surface area contributed by atoms with E-state index in [-0.39, 0.29) is 6.04 Å². The van der Waals surface area contributed by atoms with Gasteiger partial charge in [0.25, 0.3) is 0 Å². The van der Waals surface area contributed by atoms with Crippen LogP contribution in [0.1, 0.15) is 38.0 Å². The Labute approximate surface area is 113 Å². The predicted molar refractivity (Wildman–Crippen MR) is 73.3 cm³/mol. The summed E-state index contributed by atoms with van der Waals surface area (Å²) < 4.78 is 11.1. The summed E-state index contributed by atoms with van der Waals surface area (Å²) >= 11 is 0. The first-order chi connectivity index (χ1) is 9.20. The number of pyridine rings is 1. The number of ether oxygens (including phenoxy) is 1. The fraction of sp³-hybridized carbons (Fsp3) is 0.429. The van der Waals surface area contributed by atoms with Crippen LogP contribution in [0, 0.1) is 6.92 Å². The molecule has 0 spiro atoms. The zero-order chi connectivity index (χ0) is 13.7. The quantitative estimate of drug-likeness (QED) is 0.864. The molecule has 102 valence electrons. The minimum absolute atomic E-state index is 0.0624. The van der Waals surface area contributed by atoms with Crippen LogP contribution in [0.3, 0.4) is 0 Å². The SMILES string of the molecule is CCCOc1cccnc1NC(C)c1ncc(C)o1. The second-order valence-electron chi connectivity index (χ2n) is 4.37. The van der Waals surface area contributed by atoms with Gasteiger partial charge in [-0.1, -0.05) is 6.92 Å². The van der Waals surface area contributed by atoms with Gasteiger partial charge in [-0.3, -0.25) is 0 Å². The van der Waals surface area contributed by atoms with Crippen LogP contribution >= 0.6 is 0 Å². The van der Waals surface area contributed by atoms with Crippen LogP contribution in [0.2, 0.25) is 0 Å². The maximum absolute atomic E-state index is 5.65. The Balaban J connectivity index is 2.09. The van der Waals surface area contributed by atoms with Crippen molar-refractivity contribution in [2.75, 3.05) is 11.9 Å². The van der Waals surface area contributed by atoms with Gasteiger partial charge < -0.3 is 14.5 Å². The van der Waals surface area contributed by atoms with Crippen LogP contribution < -0.4 is 10.1 Å². The monoisotopic (exact) mass is 261 g/mol. The van der Waals surface area contributed by atoms with Crippen LogP contribution in [0.15, 0.2) is 28.9 Å². The van der Waals surface area contributed by atoms with E-state index in [1.165, 1.54) is 0 Å². The van der Waals surface area contributed by atoms with E-state index in [4.69, 9.17) is 9.15 Å². The highest BCUT2D eigenvalue weighted by Gasteiger charge is 2.14. The third kappa shape index (κ3) is 3.47. The van der Waals surface area contributed by atoms with Crippen molar-refractivity contribution in [2.45, 2.75) is 33.2 Å². The van der Waals surface area contributed by atoms with Gasteiger partial charge in [0.05, 0.1) is 12.8 Å². The van der Waals surface area contributed by atoms with E-state index in [1.54, 1.807) is 12.4 Å². The molecular formula is C14H19N3O2.